The molecule has 1 heterocycles. The molecule has 0 saturated heterocycles. The van der Waals surface area contributed by atoms with Crippen molar-refractivity contribution in [3.63, 3.8) is 0 Å². The molecule has 0 aliphatic heterocycles. The van der Waals surface area contributed by atoms with Crippen LogP contribution in [0.15, 0.2) is 30.3 Å². The lowest BCUT2D eigenvalue weighted by molar-refractivity contribution is -0.734. The van der Waals surface area contributed by atoms with E-state index in [-0.39, 0.29) is 24.0 Å². The Labute approximate surface area is 94.6 Å². The molecule has 68 valence electrons. The van der Waals surface area contributed by atoms with Crippen LogP contribution in [0.5, 0.6) is 0 Å². The van der Waals surface area contributed by atoms with Gasteiger partial charge >= 0.3 is 0 Å². The molecule has 0 bridgehead atoms. The highest BCUT2D eigenvalue weighted by Crippen LogP contribution is 2.08. The van der Waals surface area contributed by atoms with Crippen molar-refractivity contribution in [1.29, 1.82) is 0 Å². The molecular weight excluding hydrogens is 275 g/mol. The summed E-state index contributed by atoms with van der Waals surface area (Å²) >= 11 is 0. The third kappa shape index (κ3) is 1.96. The number of nitrogens with zero attached hydrogens (tertiary/aromatic N) is 2. The highest BCUT2D eigenvalue weighted by Gasteiger charge is 2.03. The number of rotatable bonds is 0. The highest BCUT2D eigenvalue weighted by atomic mass is 127. The molecule has 0 spiro atoms. The van der Waals surface area contributed by atoms with Gasteiger partial charge in [-0.15, -0.1) is 0 Å². The Morgan fingerprint density at radius 1 is 1.23 bits per heavy atom. The summed E-state index contributed by atoms with van der Waals surface area (Å²) in [6, 6.07) is 10.3. The lowest BCUT2D eigenvalue weighted by Crippen LogP contribution is -3.00. The van der Waals surface area contributed by atoms with Crippen LogP contribution in [-0.4, -0.2) is 5.10 Å². The second kappa shape index (κ2) is 4.00. The Kier molecular flexibility index (Phi) is 3.19. The average Bonchev–Trinajstić information content (AvgIpc) is 2.07. The predicted molar refractivity (Wildman–Crippen MR) is 47.7 cm³/mol. The second-order valence-corrected chi connectivity index (χ2v) is 2.97. The summed E-state index contributed by atoms with van der Waals surface area (Å²) in [4.78, 5) is 0. The van der Waals surface area contributed by atoms with E-state index in [9.17, 15) is 0 Å². The summed E-state index contributed by atoms with van der Waals surface area (Å²) in [5.41, 5.74) is 2.22. The molecule has 0 atom stereocenters. The molecule has 0 fully saturated rings. The molecule has 0 radical (unpaired) electrons. The monoisotopic (exact) mass is 286 g/mol. The van der Waals surface area contributed by atoms with Gasteiger partial charge in [0.05, 0.1) is 0 Å². The van der Waals surface area contributed by atoms with Gasteiger partial charge in [-0.3, -0.25) is 0 Å². The van der Waals surface area contributed by atoms with Crippen LogP contribution in [0.3, 0.4) is 0 Å². The Bertz CT molecular complexity index is 386. The van der Waals surface area contributed by atoms with E-state index in [0.29, 0.717) is 0 Å². The summed E-state index contributed by atoms with van der Waals surface area (Å²) < 4.78 is 1.89. The normalized spacial score (nSPS) is 9.69. The van der Waals surface area contributed by atoms with E-state index in [1.54, 1.807) is 0 Å². The van der Waals surface area contributed by atoms with Gasteiger partial charge in [-0.1, -0.05) is 22.9 Å². The first-order chi connectivity index (χ1) is 5.77. The molecule has 0 N–H and O–H groups in total. The lowest BCUT2D eigenvalue weighted by Gasteiger charge is -1.94. The van der Waals surface area contributed by atoms with Crippen LogP contribution >= 0.6 is 0 Å². The summed E-state index contributed by atoms with van der Waals surface area (Å²) in [7, 11) is 1.96. The maximum Gasteiger partial charge on any atom is 0.205 e. The molecule has 2 rings (SSSR count). The van der Waals surface area contributed by atoms with Crippen molar-refractivity contribution in [3.8, 4) is 0 Å². The fourth-order valence-electron chi connectivity index (χ4n) is 1.26. The van der Waals surface area contributed by atoms with Crippen molar-refractivity contribution < 1.29 is 28.7 Å². The van der Waals surface area contributed by atoms with E-state index in [2.05, 4.69) is 24.2 Å². The Hall–Kier alpha value is -0.710. The predicted octanol–water partition coefficient (Wildman–Crippen LogP) is -1.63. The molecule has 2 aromatic rings. The SMILES string of the molecule is Cc1cc2ccccc2n[n+]1C.[I-]. The Morgan fingerprint density at radius 2 is 1.92 bits per heavy atom. The maximum absolute atomic E-state index is 4.39. The molecule has 2 nitrogen and oxygen atoms in total. The third-order valence-electron chi connectivity index (χ3n) is 2.07. The number of aryl methyl sites for hydroxylation is 2. The molecule has 1 aromatic heterocycles. The number of halogens is 1. The topological polar surface area (TPSA) is 16.8 Å². The first kappa shape index (κ1) is 10.4. The third-order valence-corrected chi connectivity index (χ3v) is 2.07. The maximum atomic E-state index is 4.39. The first-order valence-electron chi connectivity index (χ1n) is 4.00. The van der Waals surface area contributed by atoms with Crippen LogP contribution in [0.4, 0.5) is 0 Å². The zero-order valence-corrected chi connectivity index (χ0v) is 9.82. The average molecular weight is 286 g/mol. The molecule has 0 aliphatic carbocycles. The van der Waals surface area contributed by atoms with Gasteiger partial charge in [0.25, 0.3) is 0 Å². The smallest absolute Gasteiger partial charge is 0.205 e. The van der Waals surface area contributed by atoms with Crippen LogP contribution in [0, 0.1) is 6.92 Å². The van der Waals surface area contributed by atoms with Gasteiger partial charge < -0.3 is 24.0 Å². The molecule has 0 aliphatic rings. The highest BCUT2D eigenvalue weighted by molar-refractivity contribution is 5.77. The second-order valence-electron chi connectivity index (χ2n) is 2.97. The van der Waals surface area contributed by atoms with Crippen LogP contribution in [0.1, 0.15) is 5.69 Å². The largest absolute Gasteiger partial charge is 1.00 e. The van der Waals surface area contributed by atoms with Crippen molar-refractivity contribution >= 4 is 10.9 Å². The zero-order chi connectivity index (χ0) is 8.55. The van der Waals surface area contributed by atoms with Gasteiger partial charge in [0.15, 0.2) is 7.05 Å². The van der Waals surface area contributed by atoms with Gasteiger partial charge in [0.2, 0.25) is 5.69 Å². The van der Waals surface area contributed by atoms with E-state index < -0.39 is 0 Å². The van der Waals surface area contributed by atoms with Crippen molar-refractivity contribution in [2.75, 3.05) is 0 Å². The number of hydrogen-bond donors (Lipinski definition) is 0. The Morgan fingerprint density at radius 3 is 2.69 bits per heavy atom. The zero-order valence-electron chi connectivity index (χ0n) is 7.66. The van der Waals surface area contributed by atoms with E-state index in [1.165, 1.54) is 11.1 Å². The van der Waals surface area contributed by atoms with E-state index in [4.69, 9.17) is 0 Å². The molecular formula is C10H11IN2. The van der Waals surface area contributed by atoms with Gasteiger partial charge in [0.1, 0.15) is 5.52 Å². The van der Waals surface area contributed by atoms with Crippen molar-refractivity contribution in [1.82, 2.24) is 5.10 Å². The van der Waals surface area contributed by atoms with Gasteiger partial charge in [-0.25, -0.2) is 0 Å². The summed E-state index contributed by atoms with van der Waals surface area (Å²) in [6.07, 6.45) is 0. The first-order valence-corrected chi connectivity index (χ1v) is 4.00. The molecule has 1 aromatic carbocycles. The van der Waals surface area contributed by atoms with E-state index >= 15 is 0 Å². The van der Waals surface area contributed by atoms with Crippen LogP contribution < -0.4 is 28.7 Å². The van der Waals surface area contributed by atoms with Crippen molar-refractivity contribution in [2.45, 2.75) is 6.92 Å². The number of benzene rings is 1. The fourth-order valence-corrected chi connectivity index (χ4v) is 1.26. The fraction of sp³-hybridized carbons (Fsp3) is 0.200. The number of hydrogen-bond acceptors (Lipinski definition) is 1. The standard InChI is InChI=1S/C10H11N2.HI/c1-8-7-9-5-3-4-6-10(9)11-12(8)2;/h3-7H,1-2H3;1H/q+1;/p-1. The summed E-state index contributed by atoms with van der Waals surface area (Å²) in [5, 5.41) is 5.59. The van der Waals surface area contributed by atoms with Crippen LogP contribution in [-0.2, 0) is 7.05 Å². The molecule has 0 amide bonds. The van der Waals surface area contributed by atoms with Crippen molar-refractivity contribution in [3.05, 3.63) is 36.0 Å². The van der Waals surface area contributed by atoms with Gasteiger partial charge in [-0.2, -0.15) is 0 Å². The van der Waals surface area contributed by atoms with E-state index in [0.717, 1.165) is 5.52 Å². The molecule has 3 heteroatoms. The van der Waals surface area contributed by atoms with Crippen LogP contribution in [0.2, 0.25) is 0 Å². The summed E-state index contributed by atoms with van der Waals surface area (Å²) in [6.45, 7) is 2.06. The minimum Gasteiger partial charge on any atom is -1.00 e. The Balaban J connectivity index is 0.000000845. The molecule has 0 saturated carbocycles. The van der Waals surface area contributed by atoms with E-state index in [1.807, 2.05) is 29.9 Å². The molecule has 0 unspecified atom stereocenters. The number of aromatic nitrogens is 2. The quantitative estimate of drug-likeness (QED) is 0.420. The van der Waals surface area contributed by atoms with Gasteiger partial charge in [0, 0.05) is 23.5 Å². The molecule has 13 heavy (non-hydrogen) atoms. The minimum absolute atomic E-state index is 0. The minimum atomic E-state index is 0. The number of fused-ring (bicyclic) bond motifs is 1. The van der Waals surface area contributed by atoms with Crippen LogP contribution in [0.25, 0.3) is 10.9 Å². The lowest BCUT2D eigenvalue weighted by atomic mass is 10.2. The van der Waals surface area contributed by atoms with Gasteiger partial charge in [-0.05, 0) is 6.07 Å². The summed E-state index contributed by atoms with van der Waals surface area (Å²) in [5.74, 6) is 0. The van der Waals surface area contributed by atoms with Crippen molar-refractivity contribution in [2.24, 2.45) is 7.05 Å².